The zero-order valence-corrected chi connectivity index (χ0v) is 26.3. The standard InChI is InChI=1S/C34H33Cl2N3OS/c1-19-8-6-7-9-27(19)39-28-15-34(4,5)16-29(40)32(28)31(25(17-37)33(39)38)24-13-22(20(2)12-21(24)3)18-41-30-14-23(35)10-11-26(30)36/h6-14,31H,15-16,18,38H2,1-5H3. The summed E-state index contributed by atoms with van der Waals surface area (Å²) in [7, 11) is 0. The highest BCUT2D eigenvalue weighted by Gasteiger charge is 2.45. The molecule has 0 spiro atoms. The van der Waals surface area contributed by atoms with Gasteiger partial charge in [0.15, 0.2) is 5.78 Å². The molecule has 0 fully saturated rings. The van der Waals surface area contributed by atoms with Crippen LogP contribution in [0.2, 0.25) is 10.0 Å². The summed E-state index contributed by atoms with van der Waals surface area (Å²) in [5.74, 6) is 0.590. The predicted molar refractivity (Wildman–Crippen MR) is 170 cm³/mol. The number of thioether (sulfide) groups is 1. The fourth-order valence-electron chi connectivity index (χ4n) is 6.04. The smallest absolute Gasteiger partial charge is 0.162 e. The van der Waals surface area contributed by atoms with Crippen LogP contribution in [0.3, 0.4) is 0 Å². The van der Waals surface area contributed by atoms with Crippen molar-refractivity contribution < 1.29 is 4.79 Å². The van der Waals surface area contributed by atoms with Gasteiger partial charge in [-0.1, -0.05) is 67.4 Å². The van der Waals surface area contributed by atoms with Gasteiger partial charge in [-0.3, -0.25) is 9.69 Å². The lowest BCUT2D eigenvalue weighted by atomic mass is 9.68. The van der Waals surface area contributed by atoms with Crippen molar-refractivity contribution in [3.63, 3.8) is 0 Å². The van der Waals surface area contributed by atoms with E-state index in [-0.39, 0.29) is 11.2 Å². The van der Waals surface area contributed by atoms with Crippen molar-refractivity contribution in [2.75, 3.05) is 4.90 Å². The van der Waals surface area contributed by atoms with Crippen LogP contribution in [0.1, 0.15) is 60.4 Å². The Morgan fingerprint density at radius 1 is 1.02 bits per heavy atom. The molecule has 1 atom stereocenters. The molecule has 2 aliphatic rings. The summed E-state index contributed by atoms with van der Waals surface area (Å²) >= 11 is 14.3. The lowest BCUT2D eigenvalue weighted by molar-refractivity contribution is -0.118. The van der Waals surface area contributed by atoms with Crippen LogP contribution < -0.4 is 10.6 Å². The molecule has 0 saturated carbocycles. The number of hydrogen-bond acceptors (Lipinski definition) is 5. The number of carbonyl (C=O) groups excluding carboxylic acids is 1. The molecule has 0 radical (unpaired) electrons. The van der Waals surface area contributed by atoms with E-state index >= 15 is 0 Å². The quantitative estimate of drug-likeness (QED) is 0.295. The first kappa shape index (κ1) is 29.3. The number of allylic oxidation sites excluding steroid dienone is 3. The molecular formula is C34H33Cl2N3OS. The molecule has 1 unspecified atom stereocenters. The van der Waals surface area contributed by atoms with Crippen molar-refractivity contribution in [1.29, 1.82) is 5.26 Å². The summed E-state index contributed by atoms with van der Waals surface area (Å²) in [5.41, 5.74) is 14.8. The molecule has 0 aromatic heterocycles. The highest BCUT2D eigenvalue weighted by molar-refractivity contribution is 7.98. The van der Waals surface area contributed by atoms with Gasteiger partial charge in [0.25, 0.3) is 0 Å². The van der Waals surface area contributed by atoms with E-state index in [1.165, 1.54) is 0 Å². The zero-order valence-electron chi connectivity index (χ0n) is 23.9. The van der Waals surface area contributed by atoms with E-state index in [0.29, 0.717) is 45.6 Å². The molecule has 0 saturated heterocycles. The van der Waals surface area contributed by atoms with Crippen LogP contribution in [0.4, 0.5) is 5.69 Å². The summed E-state index contributed by atoms with van der Waals surface area (Å²) in [6.07, 6.45) is 1.10. The minimum atomic E-state index is -0.530. The Morgan fingerprint density at radius 3 is 2.46 bits per heavy atom. The summed E-state index contributed by atoms with van der Waals surface area (Å²) in [6, 6.07) is 20.1. The predicted octanol–water partition coefficient (Wildman–Crippen LogP) is 9.15. The summed E-state index contributed by atoms with van der Waals surface area (Å²) in [4.78, 5) is 16.9. The van der Waals surface area contributed by atoms with Gasteiger partial charge in [0.1, 0.15) is 5.82 Å². The number of nitrogens with zero attached hydrogens (tertiary/aromatic N) is 2. The van der Waals surface area contributed by atoms with Gasteiger partial charge >= 0.3 is 0 Å². The number of hydrogen-bond donors (Lipinski definition) is 1. The molecule has 7 heteroatoms. The third-order valence-electron chi connectivity index (χ3n) is 8.05. The van der Waals surface area contributed by atoms with Crippen molar-refractivity contribution in [2.24, 2.45) is 11.1 Å². The maximum Gasteiger partial charge on any atom is 0.162 e. The van der Waals surface area contributed by atoms with Crippen molar-refractivity contribution in [3.05, 3.63) is 115 Å². The highest BCUT2D eigenvalue weighted by atomic mass is 35.5. The van der Waals surface area contributed by atoms with Crippen LogP contribution >= 0.6 is 35.0 Å². The van der Waals surface area contributed by atoms with Gasteiger partial charge in [-0.2, -0.15) is 5.26 Å². The van der Waals surface area contributed by atoms with Gasteiger partial charge < -0.3 is 5.73 Å². The fourth-order valence-corrected chi connectivity index (χ4v) is 7.59. The van der Waals surface area contributed by atoms with Crippen molar-refractivity contribution in [3.8, 4) is 6.07 Å². The highest BCUT2D eigenvalue weighted by Crippen LogP contribution is 2.51. The number of Topliss-reactive ketones (excluding diaryl/α,β-unsaturated/α-hetero) is 1. The zero-order chi connectivity index (χ0) is 29.6. The molecule has 1 heterocycles. The molecular weight excluding hydrogens is 569 g/mol. The number of nitriles is 1. The summed E-state index contributed by atoms with van der Waals surface area (Å²) in [5, 5.41) is 11.8. The number of anilines is 1. The minimum absolute atomic E-state index is 0.0710. The van der Waals surface area contributed by atoms with E-state index in [1.807, 2.05) is 49.1 Å². The Balaban J connectivity index is 1.67. The third kappa shape index (κ3) is 5.54. The molecule has 0 bridgehead atoms. The SMILES string of the molecule is Cc1cc(C)c(C2C(C#N)=C(N)N(c3ccccc3C)C3=C2C(=O)CC(C)(C)C3)cc1CSc1cc(Cl)ccc1Cl. The average molecular weight is 603 g/mol. The Hall–Kier alpha value is -3.17. The Morgan fingerprint density at radius 2 is 1.76 bits per heavy atom. The fraction of sp³-hybridized carbons (Fsp3) is 0.294. The first-order chi connectivity index (χ1) is 19.4. The normalized spacial score (nSPS) is 18.4. The minimum Gasteiger partial charge on any atom is -0.384 e. The molecule has 5 rings (SSSR count). The monoisotopic (exact) mass is 601 g/mol. The van der Waals surface area contributed by atoms with E-state index in [4.69, 9.17) is 28.9 Å². The lowest BCUT2D eigenvalue weighted by Crippen LogP contribution is -2.42. The van der Waals surface area contributed by atoms with Crippen LogP contribution in [-0.4, -0.2) is 5.78 Å². The van der Waals surface area contributed by atoms with Crippen molar-refractivity contribution >= 4 is 46.4 Å². The van der Waals surface area contributed by atoms with Crippen LogP contribution in [0.15, 0.2) is 82.2 Å². The number of halogens is 2. The van der Waals surface area contributed by atoms with Crippen LogP contribution in [0.25, 0.3) is 0 Å². The van der Waals surface area contributed by atoms with Gasteiger partial charge in [0.2, 0.25) is 0 Å². The summed E-state index contributed by atoms with van der Waals surface area (Å²) in [6.45, 7) is 10.4. The first-order valence-electron chi connectivity index (χ1n) is 13.6. The number of benzene rings is 3. The number of nitrogens with two attached hydrogens (primary N) is 1. The second-order valence-electron chi connectivity index (χ2n) is 11.8. The van der Waals surface area contributed by atoms with Gasteiger partial charge in [-0.25, -0.2) is 0 Å². The maximum absolute atomic E-state index is 14.0. The Kier molecular flexibility index (Phi) is 8.05. The van der Waals surface area contributed by atoms with Crippen LogP contribution in [0.5, 0.6) is 0 Å². The van der Waals surface area contributed by atoms with E-state index in [0.717, 1.165) is 44.1 Å². The number of carbonyl (C=O) groups is 1. The van der Waals surface area contributed by atoms with E-state index in [1.54, 1.807) is 23.9 Å². The van der Waals surface area contributed by atoms with Gasteiger partial charge in [-0.15, -0.1) is 11.8 Å². The van der Waals surface area contributed by atoms with Gasteiger partial charge in [0.05, 0.1) is 28.3 Å². The molecule has 210 valence electrons. The Bertz CT molecular complexity index is 1680. The molecule has 41 heavy (non-hydrogen) atoms. The molecule has 0 amide bonds. The number of aryl methyl sites for hydroxylation is 3. The largest absolute Gasteiger partial charge is 0.384 e. The third-order valence-corrected chi connectivity index (χ3v) is 9.83. The molecule has 2 N–H and O–H groups in total. The van der Waals surface area contributed by atoms with Crippen molar-refractivity contribution in [2.45, 2.75) is 64.0 Å². The van der Waals surface area contributed by atoms with Gasteiger partial charge in [-0.05, 0) is 84.7 Å². The van der Waals surface area contributed by atoms with E-state index < -0.39 is 5.92 Å². The number of para-hydroxylation sites is 1. The topological polar surface area (TPSA) is 70.1 Å². The van der Waals surface area contributed by atoms with Crippen LogP contribution in [-0.2, 0) is 10.5 Å². The molecule has 4 nitrogen and oxygen atoms in total. The van der Waals surface area contributed by atoms with E-state index in [9.17, 15) is 10.1 Å². The summed E-state index contributed by atoms with van der Waals surface area (Å²) < 4.78 is 0. The molecule has 1 aliphatic heterocycles. The van der Waals surface area contributed by atoms with Crippen LogP contribution in [0, 0.1) is 37.5 Å². The lowest BCUT2D eigenvalue weighted by Gasteiger charge is -2.44. The molecule has 3 aromatic rings. The average Bonchev–Trinajstić information content (AvgIpc) is 2.89. The first-order valence-corrected chi connectivity index (χ1v) is 15.4. The number of rotatable bonds is 5. The van der Waals surface area contributed by atoms with Crippen molar-refractivity contribution in [1.82, 2.24) is 0 Å². The second-order valence-corrected chi connectivity index (χ2v) is 13.6. The Labute approximate surface area is 256 Å². The maximum atomic E-state index is 14.0. The number of ketones is 1. The molecule has 3 aromatic carbocycles. The van der Waals surface area contributed by atoms with Gasteiger partial charge in [0, 0.05) is 33.4 Å². The van der Waals surface area contributed by atoms with E-state index in [2.05, 4.69) is 39.0 Å². The second kappa shape index (κ2) is 11.2. The molecule has 1 aliphatic carbocycles.